The molecule has 0 atom stereocenters. The van der Waals surface area contributed by atoms with Gasteiger partial charge in [-0.1, -0.05) is 35.3 Å². The standard InChI is InChI=1S/C28H31Cl2N5O5/c1-16-20(14-33(2)3)27(39)35(18-7-8-21(29)22(30)13-18)28(40)25(16)32-31-23-6-4-5-19(26(23)38)17-9-11-34(12-10-17)15-24(36)37/h4-8,13,17,31,38H,9-12,14-15H2,1-3H3,(H,36,37). The van der Waals surface area contributed by atoms with Gasteiger partial charge in [0.2, 0.25) is 0 Å². The van der Waals surface area contributed by atoms with Crippen LogP contribution in [0.1, 0.15) is 31.2 Å². The monoisotopic (exact) mass is 587 g/mol. The molecule has 2 aliphatic rings. The van der Waals surface area contributed by atoms with Crippen molar-refractivity contribution in [2.75, 3.05) is 50.6 Å². The molecule has 0 aliphatic carbocycles. The zero-order valence-electron chi connectivity index (χ0n) is 22.4. The predicted octanol–water partition coefficient (Wildman–Crippen LogP) is 4.18. The second-order valence-corrected chi connectivity index (χ2v) is 11.0. The Hall–Kier alpha value is -3.44. The van der Waals surface area contributed by atoms with Crippen LogP contribution in [-0.2, 0) is 14.4 Å². The van der Waals surface area contributed by atoms with E-state index in [1.807, 2.05) is 30.0 Å². The number of amides is 2. The minimum Gasteiger partial charge on any atom is -0.505 e. The van der Waals surface area contributed by atoms with Crippen molar-refractivity contribution >= 4 is 58.1 Å². The molecule has 2 aromatic rings. The van der Waals surface area contributed by atoms with Crippen molar-refractivity contribution < 1.29 is 24.6 Å². The number of nitrogens with one attached hydrogen (secondary N) is 1. The molecule has 1 fully saturated rings. The quantitative estimate of drug-likeness (QED) is 0.238. The van der Waals surface area contributed by atoms with E-state index >= 15 is 0 Å². The van der Waals surface area contributed by atoms with Gasteiger partial charge in [0.05, 0.1) is 28.0 Å². The van der Waals surface area contributed by atoms with Crippen molar-refractivity contribution in [1.29, 1.82) is 0 Å². The summed E-state index contributed by atoms with van der Waals surface area (Å²) in [5.74, 6) is -1.92. The Labute approximate surface area is 242 Å². The topological polar surface area (TPSA) is 126 Å². The summed E-state index contributed by atoms with van der Waals surface area (Å²) >= 11 is 12.2. The molecule has 3 N–H and O–H groups in total. The molecule has 2 aliphatic heterocycles. The van der Waals surface area contributed by atoms with Crippen LogP contribution in [0.15, 0.2) is 52.6 Å². The van der Waals surface area contributed by atoms with E-state index in [2.05, 4.69) is 10.5 Å². The average molecular weight is 588 g/mol. The van der Waals surface area contributed by atoms with Gasteiger partial charge in [0.25, 0.3) is 11.8 Å². The maximum Gasteiger partial charge on any atom is 0.317 e. The van der Waals surface area contributed by atoms with Crippen LogP contribution in [0.4, 0.5) is 11.4 Å². The number of benzene rings is 2. The second-order valence-electron chi connectivity index (χ2n) is 10.1. The highest BCUT2D eigenvalue weighted by atomic mass is 35.5. The van der Waals surface area contributed by atoms with Crippen LogP contribution < -0.4 is 10.3 Å². The number of phenolic OH excluding ortho intramolecular Hbond substituents is 1. The number of hydrazone groups is 1. The largest absolute Gasteiger partial charge is 0.505 e. The van der Waals surface area contributed by atoms with Gasteiger partial charge in [0.1, 0.15) is 5.75 Å². The summed E-state index contributed by atoms with van der Waals surface area (Å²) in [7, 11) is 3.64. The Bertz CT molecular complexity index is 1400. The summed E-state index contributed by atoms with van der Waals surface area (Å²) in [6.45, 7) is 3.17. The van der Waals surface area contributed by atoms with E-state index in [-0.39, 0.29) is 41.2 Å². The number of aliphatic carboxylic acids is 1. The number of carboxylic acids is 1. The zero-order chi connectivity index (χ0) is 29.1. The number of halogens is 2. The van der Waals surface area contributed by atoms with Gasteiger partial charge in [0.15, 0.2) is 5.71 Å². The first-order valence-corrected chi connectivity index (χ1v) is 13.5. The Kier molecular flexibility index (Phi) is 9.15. The zero-order valence-corrected chi connectivity index (χ0v) is 24.0. The normalized spacial score (nSPS) is 18.2. The number of carbonyl (C=O) groups excluding carboxylic acids is 2. The number of likely N-dealkylation sites (tertiary alicyclic amines) is 1. The molecule has 0 saturated carbocycles. The van der Waals surface area contributed by atoms with Crippen LogP contribution in [0.2, 0.25) is 10.0 Å². The molecular weight excluding hydrogens is 557 g/mol. The van der Waals surface area contributed by atoms with E-state index in [1.165, 1.54) is 12.1 Å². The van der Waals surface area contributed by atoms with Gasteiger partial charge in [-0.15, -0.1) is 0 Å². The predicted molar refractivity (Wildman–Crippen MR) is 155 cm³/mol. The molecular formula is C28H31Cl2N5O5. The van der Waals surface area contributed by atoms with Gasteiger partial charge in [0, 0.05) is 12.1 Å². The molecule has 12 heteroatoms. The van der Waals surface area contributed by atoms with Crippen LogP contribution in [-0.4, -0.2) is 83.8 Å². The minimum atomic E-state index is -0.860. The lowest BCUT2D eigenvalue weighted by molar-refractivity contribution is -0.138. The molecule has 40 heavy (non-hydrogen) atoms. The number of carbonyl (C=O) groups is 3. The van der Waals surface area contributed by atoms with E-state index in [0.29, 0.717) is 47.8 Å². The number of para-hydroxylation sites is 1. The number of anilines is 2. The number of imide groups is 1. The lowest BCUT2D eigenvalue weighted by atomic mass is 9.88. The molecule has 2 amide bonds. The number of rotatable bonds is 8. The molecule has 0 unspecified atom stereocenters. The van der Waals surface area contributed by atoms with Crippen LogP contribution in [0.3, 0.4) is 0 Å². The number of piperidine rings is 1. The first-order valence-electron chi connectivity index (χ1n) is 12.8. The highest BCUT2D eigenvalue weighted by Crippen LogP contribution is 2.38. The van der Waals surface area contributed by atoms with Crippen molar-refractivity contribution in [3.05, 3.63) is 63.2 Å². The SMILES string of the molecule is CC1=C(CN(C)C)C(=O)N(c2ccc(Cl)c(Cl)c2)C(=O)C1=NNc1cccc(C2CCN(CC(=O)O)CC2)c1O. The maximum absolute atomic E-state index is 13.6. The van der Waals surface area contributed by atoms with Crippen molar-refractivity contribution in [1.82, 2.24) is 9.80 Å². The highest BCUT2D eigenvalue weighted by molar-refractivity contribution is 6.57. The van der Waals surface area contributed by atoms with Gasteiger partial charge < -0.3 is 15.1 Å². The Morgan fingerprint density at radius 3 is 2.42 bits per heavy atom. The van der Waals surface area contributed by atoms with Crippen molar-refractivity contribution in [3.63, 3.8) is 0 Å². The van der Waals surface area contributed by atoms with Gasteiger partial charge in [-0.3, -0.25) is 24.7 Å². The fraction of sp³-hybridized carbons (Fsp3) is 0.357. The van der Waals surface area contributed by atoms with E-state index < -0.39 is 17.8 Å². The third-order valence-electron chi connectivity index (χ3n) is 7.05. The van der Waals surface area contributed by atoms with Crippen molar-refractivity contribution in [2.24, 2.45) is 5.10 Å². The van der Waals surface area contributed by atoms with E-state index in [9.17, 15) is 19.5 Å². The summed E-state index contributed by atoms with van der Waals surface area (Å²) in [5, 5.41) is 25.0. The number of aromatic hydroxyl groups is 1. The third kappa shape index (κ3) is 6.31. The van der Waals surface area contributed by atoms with E-state index in [1.54, 1.807) is 25.1 Å². The van der Waals surface area contributed by atoms with Gasteiger partial charge in [-0.2, -0.15) is 5.10 Å². The van der Waals surface area contributed by atoms with Gasteiger partial charge in [-0.05, 0) is 88.3 Å². The Morgan fingerprint density at radius 1 is 1.10 bits per heavy atom. The summed E-state index contributed by atoms with van der Waals surface area (Å²) in [4.78, 5) is 42.8. The summed E-state index contributed by atoms with van der Waals surface area (Å²) in [6.07, 6.45) is 1.40. The Morgan fingerprint density at radius 2 is 1.80 bits per heavy atom. The molecule has 212 valence electrons. The molecule has 0 bridgehead atoms. The number of hydrogen-bond acceptors (Lipinski definition) is 8. The number of likely N-dealkylation sites (N-methyl/N-ethyl adjacent to an activating group) is 1. The van der Waals surface area contributed by atoms with Crippen LogP contribution in [0, 0.1) is 0 Å². The fourth-order valence-electron chi connectivity index (χ4n) is 4.98. The first kappa shape index (κ1) is 29.5. The van der Waals surface area contributed by atoms with Gasteiger partial charge >= 0.3 is 5.97 Å². The molecule has 2 heterocycles. The number of carboxylic acid groups (broad SMARTS) is 1. The molecule has 4 rings (SSSR count). The van der Waals surface area contributed by atoms with Crippen LogP contribution in [0.25, 0.3) is 0 Å². The second kappa shape index (κ2) is 12.4. The molecule has 0 radical (unpaired) electrons. The number of nitrogens with zero attached hydrogens (tertiary/aromatic N) is 4. The average Bonchev–Trinajstić information content (AvgIpc) is 2.89. The first-order chi connectivity index (χ1) is 19.0. The number of phenols is 1. The summed E-state index contributed by atoms with van der Waals surface area (Å²) in [6, 6.07) is 9.78. The molecule has 2 aromatic carbocycles. The summed E-state index contributed by atoms with van der Waals surface area (Å²) in [5.41, 5.74) is 4.97. The van der Waals surface area contributed by atoms with E-state index in [0.717, 1.165) is 10.5 Å². The molecule has 0 aromatic heterocycles. The molecule has 0 spiro atoms. The fourth-order valence-corrected chi connectivity index (χ4v) is 5.27. The Balaban J connectivity index is 1.64. The van der Waals surface area contributed by atoms with Gasteiger partial charge in [-0.25, -0.2) is 4.90 Å². The lowest BCUT2D eigenvalue weighted by Crippen LogP contribution is -2.49. The van der Waals surface area contributed by atoms with E-state index in [4.69, 9.17) is 28.3 Å². The number of hydrogen-bond donors (Lipinski definition) is 3. The van der Waals surface area contributed by atoms with Crippen molar-refractivity contribution in [2.45, 2.75) is 25.7 Å². The molecule has 10 nitrogen and oxygen atoms in total. The van der Waals surface area contributed by atoms with Crippen molar-refractivity contribution in [3.8, 4) is 5.75 Å². The maximum atomic E-state index is 13.6. The smallest absolute Gasteiger partial charge is 0.317 e. The minimum absolute atomic E-state index is 0.00373. The third-order valence-corrected chi connectivity index (χ3v) is 7.79. The summed E-state index contributed by atoms with van der Waals surface area (Å²) < 4.78 is 0. The molecule has 1 saturated heterocycles. The van der Waals surface area contributed by atoms with Crippen LogP contribution in [0.5, 0.6) is 5.75 Å². The lowest BCUT2D eigenvalue weighted by Gasteiger charge is -2.31. The highest BCUT2D eigenvalue weighted by Gasteiger charge is 2.38. The van der Waals surface area contributed by atoms with Crippen LogP contribution >= 0.6 is 23.2 Å².